The van der Waals surface area contributed by atoms with E-state index in [0.717, 1.165) is 62.3 Å². The van der Waals surface area contributed by atoms with Gasteiger partial charge in [-0.05, 0) is 85.9 Å². The maximum Gasteiger partial charge on any atom is 0.416 e. The zero-order chi connectivity index (χ0) is 23.0. The lowest BCUT2D eigenvalue weighted by Crippen LogP contribution is -2.18. The number of carbonyl (C=O) groups excluding carboxylic acids is 1. The third-order valence-electron chi connectivity index (χ3n) is 5.69. The smallest absolute Gasteiger partial charge is 0.416 e. The molecular formula is C26H29F3O3. The molecule has 0 radical (unpaired) electrons. The van der Waals surface area contributed by atoms with Gasteiger partial charge in [0.15, 0.2) is 0 Å². The van der Waals surface area contributed by atoms with E-state index in [0.29, 0.717) is 17.4 Å². The summed E-state index contributed by atoms with van der Waals surface area (Å²) in [6.45, 7) is 3.83. The Bertz CT molecular complexity index is 878. The van der Waals surface area contributed by atoms with Gasteiger partial charge in [-0.15, -0.1) is 0 Å². The Kier molecular flexibility index (Phi) is 8.51. The van der Waals surface area contributed by atoms with Crippen molar-refractivity contribution >= 4 is 12.0 Å². The highest BCUT2D eigenvalue weighted by Crippen LogP contribution is 2.31. The van der Waals surface area contributed by atoms with Gasteiger partial charge in [0.2, 0.25) is 0 Å². The minimum atomic E-state index is -4.42. The average Bonchev–Trinajstić information content (AvgIpc) is 2.79. The van der Waals surface area contributed by atoms with E-state index in [1.165, 1.54) is 12.8 Å². The molecule has 0 heterocycles. The fourth-order valence-corrected chi connectivity index (χ4v) is 3.80. The first-order valence-corrected chi connectivity index (χ1v) is 11.1. The van der Waals surface area contributed by atoms with Crippen molar-refractivity contribution in [3.05, 3.63) is 71.3 Å². The molecule has 3 rings (SSSR count). The van der Waals surface area contributed by atoms with Crippen LogP contribution in [0.4, 0.5) is 13.2 Å². The monoisotopic (exact) mass is 446 g/mol. The molecule has 1 saturated carbocycles. The third kappa shape index (κ3) is 7.23. The van der Waals surface area contributed by atoms with Crippen LogP contribution in [0.15, 0.2) is 54.6 Å². The molecule has 0 bridgehead atoms. The highest BCUT2D eigenvalue weighted by molar-refractivity contribution is 5.91. The molecule has 0 amide bonds. The number of allylic oxidation sites excluding steroid dienone is 1. The molecule has 0 aromatic heterocycles. The number of alkyl halides is 3. The van der Waals surface area contributed by atoms with E-state index in [1.807, 2.05) is 12.1 Å². The number of halogens is 3. The number of carbonyl (C=O) groups is 1. The van der Waals surface area contributed by atoms with Gasteiger partial charge in [0.05, 0.1) is 11.1 Å². The molecule has 0 atom stereocenters. The van der Waals surface area contributed by atoms with Crippen molar-refractivity contribution in [2.75, 3.05) is 13.2 Å². The minimum Gasteiger partial charge on any atom is -0.423 e. The quantitative estimate of drug-likeness (QED) is 0.245. The topological polar surface area (TPSA) is 35.5 Å². The molecule has 0 spiro atoms. The molecule has 1 fully saturated rings. The van der Waals surface area contributed by atoms with Crippen molar-refractivity contribution in [2.45, 2.75) is 45.2 Å². The largest absolute Gasteiger partial charge is 0.423 e. The second-order valence-electron chi connectivity index (χ2n) is 8.25. The van der Waals surface area contributed by atoms with Crippen LogP contribution < -0.4 is 4.74 Å². The van der Waals surface area contributed by atoms with Crippen molar-refractivity contribution in [3.8, 4) is 5.75 Å². The number of benzene rings is 2. The highest BCUT2D eigenvalue weighted by atomic mass is 19.4. The van der Waals surface area contributed by atoms with Crippen LogP contribution in [-0.2, 0) is 10.9 Å². The molecule has 172 valence electrons. The van der Waals surface area contributed by atoms with Crippen LogP contribution in [0.1, 0.15) is 60.5 Å². The van der Waals surface area contributed by atoms with Crippen LogP contribution in [0.3, 0.4) is 0 Å². The molecule has 1 aliphatic carbocycles. The minimum absolute atomic E-state index is 0.0719. The molecule has 32 heavy (non-hydrogen) atoms. The van der Waals surface area contributed by atoms with Gasteiger partial charge in [0.1, 0.15) is 5.75 Å². The first-order valence-electron chi connectivity index (χ1n) is 11.1. The van der Waals surface area contributed by atoms with Crippen LogP contribution >= 0.6 is 0 Å². The summed E-state index contributed by atoms with van der Waals surface area (Å²) in [5, 5.41) is 0. The number of hydrogen-bond acceptors (Lipinski definition) is 3. The van der Waals surface area contributed by atoms with Gasteiger partial charge in [0.25, 0.3) is 0 Å². The molecular weight excluding hydrogens is 417 g/mol. The first-order chi connectivity index (χ1) is 15.3. The Morgan fingerprint density at radius 3 is 2.25 bits per heavy atom. The standard InChI is InChI=1S/C26H29F3O3/c1-2-17-31-18-21-7-5-19(6-8-21)3-4-20-9-11-22(12-10-20)25(30)32-24-15-13-23(14-16-24)26(27,28)29/h3-4,9-16,19,21H,2,5-8,17-18H2,1H3/b4-3+. The molecule has 1 aliphatic rings. The number of rotatable bonds is 8. The van der Waals surface area contributed by atoms with Crippen molar-refractivity contribution in [1.29, 1.82) is 0 Å². The van der Waals surface area contributed by atoms with E-state index < -0.39 is 17.7 Å². The summed E-state index contributed by atoms with van der Waals surface area (Å²) >= 11 is 0. The molecule has 0 saturated heterocycles. The van der Waals surface area contributed by atoms with Gasteiger partial charge in [-0.3, -0.25) is 0 Å². The van der Waals surface area contributed by atoms with Gasteiger partial charge in [-0.2, -0.15) is 13.2 Å². The predicted octanol–water partition coefficient (Wildman–Crippen LogP) is 7.17. The summed E-state index contributed by atoms with van der Waals surface area (Å²) in [6.07, 6.45) is 5.64. The summed E-state index contributed by atoms with van der Waals surface area (Å²) in [6, 6.07) is 11.1. The highest BCUT2D eigenvalue weighted by Gasteiger charge is 2.30. The Morgan fingerprint density at radius 2 is 1.66 bits per heavy atom. The van der Waals surface area contributed by atoms with Crippen LogP contribution in [0, 0.1) is 11.8 Å². The van der Waals surface area contributed by atoms with Crippen molar-refractivity contribution in [2.24, 2.45) is 11.8 Å². The van der Waals surface area contributed by atoms with E-state index in [-0.39, 0.29) is 5.75 Å². The van der Waals surface area contributed by atoms with Gasteiger partial charge in [-0.25, -0.2) is 4.79 Å². The summed E-state index contributed by atoms with van der Waals surface area (Å²) in [5.41, 5.74) is 0.547. The maximum absolute atomic E-state index is 12.6. The van der Waals surface area contributed by atoms with E-state index in [4.69, 9.17) is 9.47 Å². The van der Waals surface area contributed by atoms with Crippen LogP contribution in [0.5, 0.6) is 5.75 Å². The van der Waals surface area contributed by atoms with E-state index in [2.05, 4.69) is 19.1 Å². The number of hydrogen-bond donors (Lipinski definition) is 0. The van der Waals surface area contributed by atoms with Gasteiger partial charge in [-0.1, -0.05) is 31.2 Å². The number of ether oxygens (including phenoxy) is 2. The molecule has 0 unspecified atom stereocenters. The van der Waals surface area contributed by atoms with Crippen molar-refractivity contribution in [3.63, 3.8) is 0 Å². The van der Waals surface area contributed by atoms with E-state index in [9.17, 15) is 18.0 Å². The molecule has 0 N–H and O–H groups in total. The summed E-state index contributed by atoms with van der Waals surface area (Å²) in [7, 11) is 0. The molecule has 6 heteroatoms. The average molecular weight is 447 g/mol. The Hall–Kier alpha value is -2.60. The molecule has 3 nitrogen and oxygen atoms in total. The molecule has 2 aromatic rings. The summed E-state index contributed by atoms with van der Waals surface area (Å²) < 4.78 is 48.7. The zero-order valence-corrected chi connectivity index (χ0v) is 18.2. The van der Waals surface area contributed by atoms with E-state index >= 15 is 0 Å². The first kappa shape index (κ1) is 24.1. The summed E-state index contributed by atoms with van der Waals surface area (Å²) in [4.78, 5) is 12.3. The normalized spacial score (nSPS) is 19.2. The second kappa shape index (κ2) is 11.3. The predicted molar refractivity (Wildman–Crippen MR) is 118 cm³/mol. The second-order valence-corrected chi connectivity index (χ2v) is 8.25. The van der Waals surface area contributed by atoms with Crippen LogP contribution in [-0.4, -0.2) is 19.2 Å². The van der Waals surface area contributed by atoms with Crippen molar-refractivity contribution in [1.82, 2.24) is 0 Å². The maximum atomic E-state index is 12.6. The Morgan fingerprint density at radius 1 is 1.00 bits per heavy atom. The zero-order valence-electron chi connectivity index (χ0n) is 18.2. The summed E-state index contributed by atoms with van der Waals surface area (Å²) in [5.74, 6) is 0.689. The molecule has 0 aliphatic heterocycles. The lowest BCUT2D eigenvalue weighted by atomic mass is 9.82. The Balaban J connectivity index is 1.48. The Labute approximate surface area is 187 Å². The molecule has 2 aromatic carbocycles. The van der Waals surface area contributed by atoms with E-state index in [1.54, 1.807) is 12.1 Å². The van der Waals surface area contributed by atoms with Gasteiger partial charge >= 0.3 is 12.1 Å². The SMILES string of the molecule is CCCOCC1CCC(/C=C/c2ccc(C(=O)Oc3ccc(C(F)(F)F)cc3)cc2)CC1. The lowest BCUT2D eigenvalue weighted by molar-refractivity contribution is -0.137. The van der Waals surface area contributed by atoms with Gasteiger partial charge < -0.3 is 9.47 Å². The van der Waals surface area contributed by atoms with Crippen LogP contribution in [0.25, 0.3) is 6.08 Å². The van der Waals surface area contributed by atoms with Crippen molar-refractivity contribution < 1.29 is 27.4 Å². The fraction of sp³-hybridized carbons (Fsp3) is 0.423. The number of esters is 1. The third-order valence-corrected chi connectivity index (χ3v) is 5.69. The lowest BCUT2D eigenvalue weighted by Gasteiger charge is -2.26. The fourth-order valence-electron chi connectivity index (χ4n) is 3.80. The van der Waals surface area contributed by atoms with Crippen LogP contribution in [0.2, 0.25) is 0 Å². The van der Waals surface area contributed by atoms with Gasteiger partial charge in [0, 0.05) is 13.2 Å².